The van der Waals surface area contributed by atoms with Gasteiger partial charge in [-0.05, 0) is 69.2 Å². The number of hydrogen-bond donors (Lipinski definition) is 2. The molecular weight excluding hydrogens is 512 g/mol. The average Bonchev–Trinajstić information content (AvgIpc) is 3.65. The van der Waals surface area contributed by atoms with E-state index in [1.165, 1.54) is 11.0 Å². The van der Waals surface area contributed by atoms with Crippen molar-refractivity contribution >= 4 is 39.6 Å². The predicted octanol–water partition coefficient (Wildman–Crippen LogP) is 5.50. The molecule has 0 aliphatic heterocycles. The average molecular weight is 535 g/mol. The number of halogens is 1. The summed E-state index contributed by atoms with van der Waals surface area (Å²) in [4.78, 5) is 38.2. The molecule has 0 bridgehead atoms. The molecule has 7 nitrogen and oxygen atoms in total. The number of ether oxygens (including phenoxy) is 1. The summed E-state index contributed by atoms with van der Waals surface area (Å²) in [7, 11) is 0. The van der Waals surface area contributed by atoms with E-state index in [0.29, 0.717) is 15.7 Å². The Morgan fingerprint density at radius 2 is 1.60 bits per heavy atom. The van der Waals surface area contributed by atoms with Gasteiger partial charge >= 0.3 is 12.1 Å². The van der Waals surface area contributed by atoms with E-state index in [1.54, 1.807) is 12.1 Å². The minimum atomic E-state index is -1.06. The molecule has 2 N–H and O–H groups in total. The molecule has 3 aromatic carbocycles. The molecule has 0 saturated heterocycles. The Balaban J connectivity index is 1.29. The van der Waals surface area contributed by atoms with Gasteiger partial charge in [0.25, 0.3) is 5.91 Å². The first-order chi connectivity index (χ1) is 16.9. The standard InChI is InChI=1S/C27H23BrN2O5/c28-23-12-9-16(26(33)30(14-25(31)32)17-10-11-17)13-24(23)29-27(34)35-15-22-20-7-3-1-5-18(20)19-6-2-4-8-21(19)22/h1-9,12-13,17,22H,10-11,14-15H2,(H,29,34)(H,31,32). The van der Waals surface area contributed by atoms with E-state index in [0.717, 1.165) is 35.1 Å². The van der Waals surface area contributed by atoms with Crippen LogP contribution in [0.25, 0.3) is 11.1 Å². The van der Waals surface area contributed by atoms with E-state index in [2.05, 4.69) is 45.5 Å². The minimum Gasteiger partial charge on any atom is -0.480 e. The highest BCUT2D eigenvalue weighted by Crippen LogP contribution is 2.44. The summed E-state index contributed by atoms with van der Waals surface area (Å²) in [5.74, 6) is -1.50. The molecule has 178 valence electrons. The molecule has 0 aromatic heterocycles. The maximum absolute atomic E-state index is 12.9. The van der Waals surface area contributed by atoms with E-state index >= 15 is 0 Å². The number of fused-ring (bicyclic) bond motifs is 3. The molecule has 5 rings (SSSR count). The van der Waals surface area contributed by atoms with Gasteiger partial charge in [-0.1, -0.05) is 48.5 Å². The van der Waals surface area contributed by atoms with E-state index in [9.17, 15) is 19.5 Å². The van der Waals surface area contributed by atoms with Crippen LogP contribution in [0.2, 0.25) is 0 Å². The molecule has 8 heteroatoms. The summed E-state index contributed by atoms with van der Waals surface area (Å²) in [5, 5.41) is 11.9. The van der Waals surface area contributed by atoms with Gasteiger partial charge in [-0.15, -0.1) is 0 Å². The Morgan fingerprint density at radius 1 is 0.971 bits per heavy atom. The monoisotopic (exact) mass is 534 g/mol. The second-order valence-corrected chi connectivity index (χ2v) is 9.56. The van der Waals surface area contributed by atoms with Gasteiger partial charge < -0.3 is 14.7 Å². The topological polar surface area (TPSA) is 95.9 Å². The third kappa shape index (κ3) is 4.79. The zero-order valence-electron chi connectivity index (χ0n) is 18.7. The van der Waals surface area contributed by atoms with E-state index in [1.807, 2.05) is 24.3 Å². The molecule has 0 heterocycles. The first-order valence-electron chi connectivity index (χ1n) is 11.4. The minimum absolute atomic E-state index is 0.0548. The Morgan fingerprint density at radius 3 is 2.20 bits per heavy atom. The quantitative estimate of drug-likeness (QED) is 0.417. The highest BCUT2D eigenvalue weighted by atomic mass is 79.9. The van der Waals surface area contributed by atoms with E-state index in [-0.39, 0.29) is 31.0 Å². The fraction of sp³-hybridized carbons (Fsp3) is 0.222. The maximum atomic E-state index is 12.9. The summed E-state index contributed by atoms with van der Waals surface area (Å²) in [6.07, 6.45) is 0.947. The molecule has 2 amide bonds. The van der Waals surface area contributed by atoms with Gasteiger partial charge in [-0.3, -0.25) is 14.9 Å². The zero-order valence-corrected chi connectivity index (χ0v) is 20.3. The number of amides is 2. The lowest BCUT2D eigenvalue weighted by atomic mass is 9.98. The first-order valence-corrected chi connectivity index (χ1v) is 12.2. The third-order valence-corrected chi connectivity index (χ3v) is 7.04. The van der Waals surface area contributed by atoms with Crippen LogP contribution < -0.4 is 5.32 Å². The number of rotatable bonds is 7. The van der Waals surface area contributed by atoms with Crippen LogP contribution in [-0.4, -0.2) is 47.2 Å². The van der Waals surface area contributed by atoms with Crippen molar-refractivity contribution in [1.82, 2.24) is 4.90 Å². The lowest BCUT2D eigenvalue weighted by Crippen LogP contribution is -2.37. The van der Waals surface area contributed by atoms with Crippen LogP contribution in [0.4, 0.5) is 10.5 Å². The number of aliphatic carboxylic acids is 1. The highest BCUT2D eigenvalue weighted by molar-refractivity contribution is 9.10. The number of nitrogens with one attached hydrogen (secondary N) is 1. The number of carbonyl (C=O) groups excluding carboxylic acids is 2. The van der Waals surface area contributed by atoms with Crippen molar-refractivity contribution in [2.45, 2.75) is 24.8 Å². The highest BCUT2D eigenvalue weighted by Gasteiger charge is 2.34. The molecule has 2 aliphatic carbocycles. The number of carboxylic acid groups (broad SMARTS) is 1. The molecule has 35 heavy (non-hydrogen) atoms. The van der Waals surface area contributed by atoms with Crippen LogP contribution in [-0.2, 0) is 9.53 Å². The molecule has 1 saturated carbocycles. The molecule has 0 spiro atoms. The molecule has 0 atom stereocenters. The van der Waals surface area contributed by atoms with Crippen molar-refractivity contribution in [2.75, 3.05) is 18.5 Å². The smallest absolute Gasteiger partial charge is 0.411 e. The number of carboxylic acids is 1. The van der Waals surface area contributed by atoms with Crippen LogP contribution in [0.3, 0.4) is 0 Å². The maximum Gasteiger partial charge on any atom is 0.411 e. The molecular formula is C27H23BrN2O5. The number of nitrogens with zero attached hydrogens (tertiary/aromatic N) is 1. The second kappa shape index (κ2) is 9.54. The molecule has 0 radical (unpaired) electrons. The Kier molecular flexibility index (Phi) is 6.30. The predicted molar refractivity (Wildman–Crippen MR) is 135 cm³/mol. The fourth-order valence-corrected chi connectivity index (χ4v) is 4.91. The summed E-state index contributed by atoms with van der Waals surface area (Å²) < 4.78 is 6.19. The summed E-state index contributed by atoms with van der Waals surface area (Å²) in [6, 6.07) is 20.9. The zero-order chi connectivity index (χ0) is 24.5. The van der Waals surface area contributed by atoms with Gasteiger partial charge in [-0.25, -0.2) is 4.79 Å². The first kappa shape index (κ1) is 23.1. The van der Waals surface area contributed by atoms with Gasteiger partial charge in [0.05, 0.1) is 5.69 Å². The van der Waals surface area contributed by atoms with Gasteiger partial charge in [0.1, 0.15) is 13.2 Å². The Hall–Kier alpha value is -3.65. The second-order valence-electron chi connectivity index (χ2n) is 8.70. The Bertz CT molecular complexity index is 1270. The molecule has 2 aliphatic rings. The largest absolute Gasteiger partial charge is 0.480 e. The molecule has 0 unspecified atom stereocenters. The van der Waals surface area contributed by atoms with Crippen LogP contribution in [0.5, 0.6) is 0 Å². The number of benzene rings is 3. The normalized spacial score (nSPS) is 14.1. The number of anilines is 1. The van der Waals surface area contributed by atoms with Crippen molar-refractivity contribution in [3.8, 4) is 11.1 Å². The van der Waals surface area contributed by atoms with Crippen molar-refractivity contribution in [3.05, 3.63) is 87.9 Å². The summed E-state index contributed by atoms with van der Waals surface area (Å²) in [6.45, 7) is -0.182. The van der Waals surface area contributed by atoms with E-state index in [4.69, 9.17) is 4.74 Å². The van der Waals surface area contributed by atoms with Crippen LogP contribution >= 0.6 is 15.9 Å². The van der Waals surface area contributed by atoms with Crippen LogP contribution in [0.15, 0.2) is 71.2 Å². The van der Waals surface area contributed by atoms with Gasteiger partial charge in [0.15, 0.2) is 0 Å². The fourth-order valence-electron chi connectivity index (χ4n) is 4.56. The van der Waals surface area contributed by atoms with Gasteiger partial charge in [-0.2, -0.15) is 0 Å². The van der Waals surface area contributed by atoms with E-state index < -0.39 is 12.1 Å². The van der Waals surface area contributed by atoms with Gasteiger partial charge in [0, 0.05) is 22.0 Å². The lowest BCUT2D eigenvalue weighted by molar-refractivity contribution is -0.137. The Labute approximate surface area is 210 Å². The van der Waals surface area contributed by atoms with Crippen molar-refractivity contribution in [1.29, 1.82) is 0 Å². The summed E-state index contributed by atoms with van der Waals surface area (Å²) in [5.41, 5.74) is 5.21. The van der Waals surface area contributed by atoms with Crippen molar-refractivity contribution in [3.63, 3.8) is 0 Å². The van der Waals surface area contributed by atoms with Crippen LogP contribution in [0, 0.1) is 0 Å². The van der Waals surface area contributed by atoms with Crippen molar-refractivity contribution < 1.29 is 24.2 Å². The number of hydrogen-bond acceptors (Lipinski definition) is 4. The SMILES string of the molecule is O=C(O)CN(C(=O)c1ccc(Br)c(NC(=O)OCC2c3ccccc3-c3ccccc32)c1)C1CC1. The van der Waals surface area contributed by atoms with Crippen molar-refractivity contribution in [2.24, 2.45) is 0 Å². The lowest BCUT2D eigenvalue weighted by Gasteiger charge is -2.21. The number of carbonyl (C=O) groups is 3. The van der Waals surface area contributed by atoms with Crippen LogP contribution in [0.1, 0.15) is 40.2 Å². The molecule has 3 aromatic rings. The molecule has 1 fully saturated rings. The third-order valence-electron chi connectivity index (χ3n) is 6.35. The van der Waals surface area contributed by atoms with Gasteiger partial charge in [0.2, 0.25) is 0 Å². The summed E-state index contributed by atoms with van der Waals surface area (Å²) >= 11 is 3.40.